The fraction of sp³-hybridized carbons (Fsp3) is 0.318. The third-order valence-corrected chi connectivity index (χ3v) is 4.94. The first-order chi connectivity index (χ1) is 15.2. The maximum Gasteiger partial charge on any atom is 0.345 e. The van der Waals surface area contributed by atoms with E-state index in [1.807, 2.05) is 31.2 Å². The molecule has 0 spiro atoms. The van der Waals surface area contributed by atoms with Gasteiger partial charge >= 0.3 is 12.6 Å². The van der Waals surface area contributed by atoms with Gasteiger partial charge in [0.15, 0.2) is 0 Å². The van der Waals surface area contributed by atoms with Crippen LogP contribution in [0.15, 0.2) is 48.5 Å². The molecule has 1 heterocycles. The lowest BCUT2D eigenvalue weighted by molar-refractivity contribution is -0.160. The Morgan fingerprint density at radius 2 is 1.69 bits per heavy atom. The summed E-state index contributed by atoms with van der Waals surface area (Å²) in [5, 5.41) is 11.7. The van der Waals surface area contributed by atoms with Gasteiger partial charge in [0, 0.05) is 18.5 Å². The smallest absolute Gasteiger partial charge is 0.345 e. The molecular formula is C22H22F2N2O6. The number of carbonyl (C=O) groups excluding carboxylic acids is 2. The molecule has 0 aliphatic carbocycles. The van der Waals surface area contributed by atoms with Crippen LogP contribution in [0.4, 0.5) is 8.78 Å². The SMILES string of the molecule is Cc1ccc(Oc2ccc(C(=O)NCC(=O)N3C[C@H](OC(F)F)C[C@H]3C(=O)O)cc2)cc1. The van der Waals surface area contributed by atoms with Gasteiger partial charge in [0.05, 0.1) is 12.6 Å². The number of aryl methyl sites for hydroxylation is 1. The second-order valence-electron chi connectivity index (χ2n) is 7.28. The highest BCUT2D eigenvalue weighted by molar-refractivity contribution is 5.97. The summed E-state index contributed by atoms with van der Waals surface area (Å²) in [6.45, 7) is -1.88. The molecule has 170 valence electrons. The van der Waals surface area contributed by atoms with E-state index in [2.05, 4.69) is 10.1 Å². The third kappa shape index (κ3) is 6.01. The first kappa shape index (κ1) is 23.1. The van der Waals surface area contributed by atoms with Crippen LogP contribution in [0, 0.1) is 6.92 Å². The molecule has 0 radical (unpaired) electrons. The first-order valence-corrected chi connectivity index (χ1v) is 9.81. The highest BCUT2D eigenvalue weighted by Crippen LogP contribution is 2.23. The van der Waals surface area contributed by atoms with E-state index in [4.69, 9.17) is 4.74 Å². The minimum atomic E-state index is -3.07. The van der Waals surface area contributed by atoms with E-state index in [-0.39, 0.29) is 18.5 Å². The monoisotopic (exact) mass is 448 g/mol. The number of rotatable bonds is 8. The zero-order valence-corrected chi connectivity index (χ0v) is 17.2. The fourth-order valence-corrected chi connectivity index (χ4v) is 3.33. The Balaban J connectivity index is 1.54. The van der Waals surface area contributed by atoms with Crippen LogP contribution in [-0.2, 0) is 14.3 Å². The molecule has 1 fully saturated rings. The van der Waals surface area contributed by atoms with Gasteiger partial charge in [0.1, 0.15) is 17.5 Å². The summed E-state index contributed by atoms with van der Waals surface area (Å²) >= 11 is 0. The number of aliphatic carboxylic acids is 1. The van der Waals surface area contributed by atoms with Crippen molar-refractivity contribution in [1.29, 1.82) is 0 Å². The number of benzene rings is 2. The molecule has 2 amide bonds. The minimum absolute atomic E-state index is 0.248. The Kier molecular flexibility index (Phi) is 7.37. The van der Waals surface area contributed by atoms with Crippen molar-refractivity contribution in [3.05, 3.63) is 59.7 Å². The normalized spacial score (nSPS) is 17.9. The number of hydrogen-bond acceptors (Lipinski definition) is 5. The summed E-state index contributed by atoms with van der Waals surface area (Å²) in [7, 11) is 0. The summed E-state index contributed by atoms with van der Waals surface area (Å²) in [6, 6.07) is 12.4. The predicted molar refractivity (Wildman–Crippen MR) is 109 cm³/mol. The summed E-state index contributed by atoms with van der Waals surface area (Å²) in [6.07, 6.45) is -1.33. The molecule has 10 heteroatoms. The molecule has 1 aliphatic rings. The molecule has 0 saturated carbocycles. The van der Waals surface area contributed by atoms with Crippen LogP contribution in [0.2, 0.25) is 0 Å². The molecule has 2 aromatic carbocycles. The molecule has 0 aromatic heterocycles. The second kappa shape index (κ2) is 10.2. The number of nitrogens with one attached hydrogen (secondary N) is 1. The molecule has 3 rings (SSSR count). The number of ether oxygens (including phenoxy) is 2. The number of likely N-dealkylation sites (tertiary alicyclic amines) is 1. The van der Waals surface area contributed by atoms with Crippen molar-refractivity contribution >= 4 is 17.8 Å². The van der Waals surface area contributed by atoms with Gasteiger partial charge in [-0.25, -0.2) is 4.79 Å². The summed E-state index contributed by atoms with van der Waals surface area (Å²) in [4.78, 5) is 37.0. The van der Waals surface area contributed by atoms with Gasteiger partial charge < -0.3 is 24.8 Å². The van der Waals surface area contributed by atoms with Gasteiger partial charge in [-0.2, -0.15) is 8.78 Å². The number of hydrogen-bond donors (Lipinski definition) is 2. The van der Waals surface area contributed by atoms with E-state index >= 15 is 0 Å². The third-order valence-electron chi connectivity index (χ3n) is 4.94. The topological polar surface area (TPSA) is 105 Å². The zero-order valence-electron chi connectivity index (χ0n) is 17.2. The number of nitrogens with zero attached hydrogens (tertiary/aromatic N) is 1. The first-order valence-electron chi connectivity index (χ1n) is 9.81. The highest BCUT2D eigenvalue weighted by atomic mass is 19.3. The Morgan fingerprint density at radius 3 is 2.25 bits per heavy atom. The highest BCUT2D eigenvalue weighted by Gasteiger charge is 2.41. The molecule has 0 bridgehead atoms. The van der Waals surface area contributed by atoms with Crippen LogP contribution in [0.1, 0.15) is 22.3 Å². The van der Waals surface area contributed by atoms with Crippen LogP contribution in [0.5, 0.6) is 11.5 Å². The van der Waals surface area contributed by atoms with Crippen molar-refractivity contribution in [2.24, 2.45) is 0 Å². The Bertz CT molecular complexity index is 965. The number of carboxylic acid groups (broad SMARTS) is 1. The van der Waals surface area contributed by atoms with Gasteiger partial charge in [-0.3, -0.25) is 9.59 Å². The maximum absolute atomic E-state index is 12.4. The van der Waals surface area contributed by atoms with Crippen molar-refractivity contribution in [2.45, 2.75) is 32.1 Å². The van der Waals surface area contributed by atoms with Crippen LogP contribution in [0.25, 0.3) is 0 Å². The summed E-state index contributed by atoms with van der Waals surface area (Å²) in [5.41, 5.74) is 1.36. The largest absolute Gasteiger partial charge is 0.480 e. The average Bonchev–Trinajstić information content (AvgIpc) is 3.17. The Hall–Kier alpha value is -3.53. The Morgan fingerprint density at radius 1 is 1.09 bits per heavy atom. The molecule has 2 N–H and O–H groups in total. The van der Waals surface area contributed by atoms with Crippen molar-refractivity contribution < 1.29 is 37.7 Å². The predicted octanol–water partition coefficient (Wildman–Crippen LogP) is 2.81. The lowest BCUT2D eigenvalue weighted by Gasteiger charge is -2.21. The summed E-state index contributed by atoms with van der Waals surface area (Å²) in [5.74, 6) is -1.41. The van der Waals surface area contributed by atoms with E-state index in [0.29, 0.717) is 11.5 Å². The summed E-state index contributed by atoms with van der Waals surface area (Å²) < 4.78 is 34.9. The minimum Gasteiger partial charge on any atom is -0.480 e. The number of carboxylic acids is 1. The van der Waals surface area contributed by atoms with E-state index in [1.165, 1.54) is 12.1 Å². The molecule has 1 saturated heterocycles. The van der Waals surface area contributed by atoms with Crippen LogP contribution < -0.4 is 10.1 Å². The lowest BCUT2D eigenvalue weighted by Crippen LogP contribution is -2.45. The molecule has 8 nitrogen and oxygen atoms in total. The van der Waals surface area contributed by atoms with Crippen molar-refractivity contribution in [2.75, 3.05) is 13.1 Å². The van der Waals surface area contributed by atoms with Crippen molar-refractivity contribution in [3.8, 4) is 11.5 Å². The van der Waals surface area contributed by atoms with Crippen LogP contribution in [-0.4, -0.2) is 59.6 Å². The van der Waals surface area contributed by atoms with Gasteiger partial charge in [-0.05, 0) is 43.3 Å². The van der Waals surface area contributed by atoms with E-state index < -0.39 is 43.1 Å². The van der Waals surface area contributed by atoms with Crippen LogP contribution in [0.3, 0.4) is 0 Å². The van der Waals surface area contributed by atoms with Gasteiger partial charge in [0.25, 0.3) is 5.91 Å². The van der Waals surface area contributed by atoms with E-state index in [1.54, 1.807) is 12.1 Å². The molecule has 0 unspecified atom stereocenters. The number of carbonyl (C=O) groups is 3. The fourth-order valence-electron chi connectivity index (χ4n) is 3.33. The van der Waals surface area contributed by atoms with Crippen molar-refractivity contribution in [1.82, 2.24) is 10.2 Å². The Labute approximate surface area is 182 Å². The molecule has 2 atom stereocenters. The molecule has 32 heavy (non-hydrogen) atoms. The number of amides is 2. The van der Waals surface area contributed by atoms with E-state index in [9.17, 15) is 28.3 Å². The van der Waals surface area contributed by atoms with Gasteiger partial charge in [0.2, 0.25) is 5.91 Å². The molecule has 1 aliphatic heterocycles. The standard InChI is InChI=1S/C22H22F2N2O6/c1-13-2-6-15(7-3-13)31-16-8-4-14(5-9-16)20(28)25-11-19(27)26-12-17(32-22(23)24)10-18(26)21(29)30/h2-9,17-18,22H,10-12H2,1H3,(H,25,28)(H,29,30)/t17-,18+/m1/s1. The van der Waals surface area contributed by atoms with Gasteiger partial charge in [-0.15, -0.1) is 0 Å². The van der Waals surface area contributed by atoms with Crippen LogP contribution >= 0.6 is 0 Å². The van der Waals surface area contributed by atoms with Crippen molar-refractivity contribution in [3.63, 3.8) is 0 Å². The zero-order chi connectivity index (χ0) is 23.3. The molecular weight excluding hydrogens is 426 g/mol. The molecule has 2 aromatic rings. The maximum atomic E-state index is 12.4. The quantitative estimate of drug-likeness (QED) is 0.644. The number of halogens is 2. The van der Waals surface area contributed by atoms with Gasteiger partial charge in [-0.1, -0.05) is 17.7 Å². The average molecular weight is 448 g/mol. The second-order valence-corrected chi connectivity index (χ2v) is 7.28. The number of alkyl halides is 2. The lowest BCUT2D eigenvalue weighted by atomic mass is 10.2. The van der Waals surface area contributed by atoms with E-state index in [0.717, 1.165) is 10.5 Å².